The highest BCUT2D eigenvalue weighted by Crippen LogP contribution is 2.09. The van der Waals surface area contributed by atoms with Crippen LogP contribution in [-0.2, 0) is 10.0 Å². The van der Waals surface area contributed by atoms with E-state index in [0.29, 0.717) is 0 Å². The van der Waals surface area contributed by atoms with Crippen LogP contribution >= 0.6 is 0 Å². The molecule has 1 aromatic rings. The average molecular weight is 212 g/mol. The Bertz CT molecular complexity index is 462. The van der Waals surface area contributed by atoms with Crippen LogP contribution in [0.15, 0.2) is 34.2 Å². The number of rotatable bonds is 2. The number of carbonyl (C=O) groups excluding carboxylic acids is 1. The van der Waals surface area contributed by atoms with Gasteiger partial charge in [-0.15, -0.1) is 0 Å². The van der Waals surface area contributed by atoms with Crippen LogP contribution in [0.25, 0.3) is 0 Å². The Morgan fingerprint density at radius 3 is 2.14 bits per heavy atom. The number of hydrogen-bond acceptors (Lipinski definition) is 3. The molecule has 0 atom stereocenters. The van der Waals surface area contributed by atoms with Gasteiger partial charge in [-0.3, -0.25) is 4.79 Å². The maximum atomic E-state index is 11.0. The number of benzene rings is 1. The van der Waals surface area contributed by atoms with Crippen molar-refractivity contribution in [3.05, 3.63) is 29.8 Å². The molecule has 1 amide bonds. The van der Waals surface area contributed by atoms with Gasteiger partial charge in [0.25, 0.3) is 5.91 Å². The van der Waals surface area contributed by atoms with Crippen molar-refractivity contribution >= 4 is 22.6 Å². The zero-order valence-corrected chi connectivity index (χ0v) is 7.99. The number of carbonyl (C=O) groups is 1. The average Bonchev–Trinajstić information content (AvgIpc) is 2.15. The van der Waals surface area contributed by atoms with E-state index in [9.17, 15) is 13.2 Å². The number of amides is 1. The monoisotopic (exact) mass is 212 g/mol. The van der Waals surface area contributed by atoms with Gasteiger partial charge in [0.1, 0.15) is 0 Å². The van der Waals surface area contributed by atoms with Crippen LogP contribution in [0.4, 0.5) is 0 Å². The summed E-state index contributed by atoms with van der Waals surface area (Å²) in [5.41, 5.74) is 0.271. The number of nitrogens with zero attached hydrogens (tertiary/aromatic N) is 1. The van der Waals surface area contributed by atoms with Crippen LogP contribution in [-0.4, -0.2) is 21.0 Å². The summed E-state index contributed by atoms with van der Waals surface area (Å²) in [4.78, 5) is 14.1. The molecule has 0 unspecified atom stereocenters. The molecule has 0 spiro atoms. The smallest absolute Gasteiger partial charge is 0.267 e. The number of nitrogens with two attached hydrogens (primary N) is 1. The highest BCUT2D eigenvalue weighted by molar-refractivity contribution is 7.89. The van der Waals surface area contributed by atoms with Crippen LogP contribution in [0.1, 0.15) is 10.4 Å². The molecule has 0 aliphatic carbocycles. The van der Waals surface area contributed by atoms with Crippen molar-refractivity contribution in [1.82, 2.24) is 0 Å². The number of aliphatic imine (C=N–C) groups is 1. The lowest BCUT2D eigenvalue weighted by molar-refractivity contribution is 0.100. The summed E-state index contributed by atoms with van der Waals surface area (Å²) in [5, 5.41) is 4.87. The van der Waals surface area contributed by atoms with Crippen LogP contribution < -0.4 is 5.14 Å². The van der Waals surface area contributed by atoms with Crippen molar-refractivity contribution in [2.75, 3.05) is 0 Å². The van der Waals surface area contributed by atoms with Gasteiger partial charge < -0.3 is 0 Å². The SMILES string of the molecule is C=NC(=O)c1ccc(S(N)(=O)=O)cc1. The summed E-state index contributed by atoms with van der Waals surface area (Å²) in [6.45, 7) is 3.07. The minimum absolute atomic E-state index is 0.0434. The van der Waals surface area contributed by atoms with E-state index in [-0.39, 0.29) is 10.5 Å². The van der Waals surface area contributed by atoms with Crippen molar-refractivity contribution in [2.45, 2.75) is 4.90 Å². The second-order valence-corrected chi connectivity index (χ2v) is 4.09. The van der Waals surface area contributed by atoms with Gasteiger partial charge in [0.05, 0.1) is 4.90 Å². The second kappa shape index (κ2) is 3.69. The molecule has 74 valence electrons. The van der Waals surface area contributed by atoms with Crippen LogP contribution in [0.3, 0.4) is 0 Å². The van der Waals surface area contributed by atoms with E-state index in [1.807, 2.05) is 0 Å². The normalized spacial score (nSPS) is 10.9. The molecule has 0 saturated carbocycles. The quantitative estimate of drug-likeness (QED) is 0.709. The summed E-state index contributed by atoms with van der Waals surface area (Å²) < 4.78 is 21.7. The Morgan fingerprint density at radius 1 is 1.29 bits per heavy atom. The molecule has 6 heteroatoms. The van der Waals surface area contributed by atoms with Gasteiger partial charge in [0.2, 0.25) is 10.0 Å². The predicted molar refractivity (Wildman–Crippen MR) is 51.7 cm³/mol. The van der Waals surface area contributed by atoms with E-state index in [1.54, 1.807) is 0 Å². The van der Waals surface area contributed by atoms with Gasteiger partial charge in [-0.1, -0.05) is 0 Å². The Balaban J connectivity index is 3.13. The number of hydrogen-bond donors (Lipinski definition) is 1. The maximum Gasteiger partial charge on any atom is 0.276 e. The van der Waals surface area contributed by atoms with E-state index in [1.165, 1.54) is 24.3 Å². The molecule has 0 fully saturated rings. The lowest BCUT2D eigenvalue weighted by atomic mass is 10.2. The predicted octanol–water partition coefficient (Wildman–Crippen LogP) is 0.175. The van der Waals surface area contributed by atoms with E-state index < -0.39 is 15.9 Å². The van der Waals surface area contributed by atoms with E-state index >= 15 is 0 Å². The van der Waals surface area contributed by atoms with E-state index in [0.717, 1.165) is 0 Å². The third-order valence-corrected chi connectivity index (χ3v) is 2.50. The molecular weight excluding hydrogens is 204 g/mol. The molecule has 0 aliphatic heterocycles. The maximum absolute atomic E-state index is 11.0. The van der Waals surface area contributed by atoms with Gasteiger partial charge in [0, 0.05) is 5.56 Å². The van der Waals surface area contributed by atoms with Gasteiger partial charge in [0.15, 0.2) is 0 Å². The molecule has 1 aromatic carbocycles. The zero-order valence-electron chi connectivity index (χ0n) is 7.17. The van der Waals surface area contributed by atoms with Gasteiger partial charge in [-0.05, 0) is 31.0 Å². The van der Waals surface area contributed by atoms with Crippen molar-refractivity contribution in [3.8, 4) is 0 Å². The summed E-state index contributed by atoms with van der Waals surface area (Å²) in [6.07, 6.45) is 0. The zero-order chi connectivity index (χ0) is 10.8. The van der Waals surface area contributed by atoms with Crippen molar-refractivity contribution in [2.24, 2.45) is 10.1 Å². The van der Waals surface area contributed by atoms with Gasteiger partial charge in [-0.2, -0.15) is 0 Å². The lowest BCUT2D eigenvalue weighted by Crippen LogP contribution is -2.12. The van der Waals surface area contributed by atoms with Crippen molar-refractivity contribution < 1.29 is 13.2 Å². The summed E-state index contributed by atoms with van der Waals surface area (Å²) >= 11 is 0. The minimum atomic E-state index is -3.71. The first-order chi connectivity index (χ1) is 6.45. The highest BCUT2D eigenvalue weighted by atomic mass is 32.2. The van der Waals surface area contributed by atoms with Crippen LogP contribution in [0, 0.1) is 0 Å². The third kappa shape index (κ3) is 2.24. The molecule has 0 saturated heterocycles. The molecule has 1 rings (SSSR count). The third-order valence-electron chi connectivity index (χ3n) is 1.57. The standard InChI is InChI=1S/C8H8N2O3S/c1-10-8(11)6-2-4-7(5-3-6)14(9,12)13/h2-5H,1H2,(H2,9,12,13). The minimum Gasteiger partial charge on any atom is -0.267 e. The van der Waals surface area contributed by atoms with Gasteiger partial charge in [-0.25, -0.2) is 18.5 Å². The molecule has 0 radical (unpaired) electrons. The lowest BCUT2D eigenvalue weighted by Gasteiger charge is -1.98. The summed E-state index contributed by atoms with van der Waals surface area (Å²) in [5.74, 6) is -0.508. The molecule has 2 N–H and O–H groups in total. The van der Waals surface area contributed by atoms with E-state index in [4.69, 9.17) is 5.14 Å². The fourth-order valence-corrected chi connectivity index (χ4v) is 1.39. The molecule has 0 aliphatic rings. The fraction of sp³-hybridized carbons (Fsp3) is 0. The number of primary sulfonamides is 1. The van der Waals surface area contributed by atoms with Crippen molar-refractivity contribution in [3.63, 3.8) is 0 Å². The largest absolute Gasteiger partial charge is 0.276 e. The highest BCUT2D eigenvalue weighted by Gasteiger charge is 2.08. The Kier molecular flexibility index (Phi) is 2.78. The Hall–Kier alpha value is -1.53. The first-order valence-corrected chi connectivity index (χ1v) is 5.13. The van der Waals surface area contributed by atoms with Gasteiger partial charge >= 0.3 is 0 Å². The Labute approximate surface area is 81.3 Å². The fourth-order valence-electron chi connectivity index (χ4n) is 0.878. The van der Waals surface area contributed by atoms with Crippen molar-refractivity contribution in [1.29, 1.82) is 0 Å². The molecule has 0 aromatic heterocycles. The molecule has 14 heavy (non-hydrogen) atoms. The topological polar surface area (TPSA) is 89.6 Å². The number of sulfonamides is 1. The first kappa shape index (κ1) is 10.6. The Morgan fingerprint density at radius 2 is 1.79 bits per heavy atom. The van der Waals surface area contributed by atoms with Crippen LogP contribution in [0.5, 0.6) is 0 Å². The molecule has 5 nitrogen and oxygen atoms in total. The summed E-state index contributed by atoms with van der Waals surface area (Å²) in [7, 11) is -3.71. The molecular formula is C8H8N2O3S. The molecule has 0 bridgehead atoms. The molecule has 0 heterocycles. The first-order valence-electron chi connectivity index (χ1n) is 3.59. The van der Waals surface area contributed by atoms with Crippen LogP contribution in [0.2, 0.25) is 0 Å². The summed E-state index contributed by atoms with van der Waals surface area (Å²) in [6, 6.07) is 5.15. The van der Waals surface area contributed by atoms with E-state index in [2.05, 4.69) is 11.7 Å². The second-order valence-electron chi connectivity index (χ2n) is 2.53.